The summed E-state index contributed by atoms with van der Waals surface area (Å²) in [5, 5.41) is 8.59. The van der Waals surface area contributed by atoms with E-state index in [1.165, 1.54) is 12.0 Å². The molecule has 0 atom stereocenters. The molecule has 0 aliphatic heterocycles. The fraction of sp³-hybridized carbons (Fsp3) is 0.421. The predicted molar refractivity (Wildman–Crippen MR) is 114 cm³/mol. The summed E-state index contributed by atoms with van der Waals surface area (Å²) in [6.45, 7) is 4.49. The van der Waals surface area contributed by atoms with Gasteiger partial charge in [0, 0.05) is 31.6 Å². The van der Waals surface area contributed by atoms with Crippen molar-refractivity contribution in [3.05, 3.63) is 52.2 Å². The smallest absolute Gasteiger partial charge is 0.240 e. The molecule has 7 nitrogen and oxygen atoms in total. The van der Waals surface area contributed by atoms with Crippen LogP contribution in [0.4, 0.5) is 0 Å². The summed E-state index contributed by atoms with van der Waals surface area (Å²) in [6.07, 6.45) is 0.933. The number of methoxy groups -OCH3 is 1. The summed E-state index contributed by atoms with van der Waals surface area (Å²) >= 11 is 1.74. The highest BCUT2D eigenvalue weighted by Crippen LogP contribution is 2.12. The summed E-state index contributed by atoms with van der Waals surface area (Å²) in [5.74, 6) is 0.713. The first-order valence-corrected chi connectivity index (χ1v) is 11.5. The lowest BCUT2D eigenvalue weighted by Gasteiger charge is -2.11. The number of benzene rings is 1. The van der Waals surface area contributed by atoms with E-state index in [0.717, 1.165) is 25.1 Å². The Morgan fingerprint density at radius 2 is 2.04 bits per heavy atom. The molecule has 0 spiro atoms. The molecule has 28 heavy (non-hydrogen) atoms. The molecule has 3 N–H and O–H groups in total. The second-order valence-corrected chi connectivity index (χ2v) is 8.79. The number of aliphatic imine (C=N–C) groups is 1. The third-order valence-corrected chi connectivity index (χ3v) is 6.21. The van der Waals surface area contributed by atoms with Gasteiger partial charge < -0.3 is 15.4 Å². The Hall–Kier alpha value is -1.94. The normalized spacial score (nSPS) is 12.1. The first-order valence-electron chi connectivity index (χ1n) is 9.17. The molecule has 0 aliphatic carbocycles. The van der Waals surface area contributed by atoms with E-state index in [9.17, 15) is 8.42 Å². The van der Waals surface area contributed by atoms with Gasteiger partial charge in [0.15, 0.2) is 5.96 Å². The Kier molecular flexibility index (Phi) is 9.42. The molecule has 0 radical (unpaired) electrons. The van der Waals surface area contributed by atoms with Gasteiger partial charge in [0.2, 0.25) is 10.0 Å². The third-order valence-electron chi connectivity index (χ3n) is 3.81. The summed E-state index contributed by atoms with van der Waals surface area (Å²) in [5.41, 5.74) is 0.824. The predicted octanol–water partition coefficient (Wildman–Crippen LogP) is 1.97. The SMILES string of the molecule is CCNC(=NCc1cccc(S(=O)(=O)NCCOC)c1)NCCc1cccs1. The number of guanidine groups is 1. The van der Waals surface area contributed by atoms with Crippen LogP contribution in [0.5, 0.6) is 0 Å². The van der Waals surface area contributed by atoms with Gasteiger partial charge >= 0.3 is 0 Å². The quantitative estimate of drug-likeness (QED) is 0.291. The van der Waals surface area contributed by atoms with Crippen molar-refractivity contribution in [1.82, 2.24) is 15.4 Å². The molecule has 0 aliphatic rings. The highest BCUT2D eigenvalue weighted by atomic mass is 32.2. The number of ether oxygens (including phenoxy) is 1. The maximum atomic E-state index is 12.3. The molecule has 0 saturated carbocycles. The fourth-order valence-corrected chi connectivity index (χ4v) is 4.24. The minimum absolute atomic E-state index is 0.229. The Morgan fingerprint density at radius 3 is 2.75 bits per heavy atom. The molecular formula is C19H28N4O3S2. The molecule has 1 aromatic carbocycles. The highest BCUT2D eigenvalue weighted by molar-refractivity contribution is 7.89. The largest absolute Gasteiger partial charge is 0.383 e. The van der Waals surface area contributed by atoms with Crippen molar-refractivity contribution in [2.24, 2.45) is 4.99 Å². The van der Waals surface area contributed by atoms with Crippen LogP contribution in [0.2, 0.25) is 0 Å². The maximum Gasteiger partial charge on any atom is 0.240 e. The Balaban J connectivity index is 1.97. The average molecular weight is 425 g/mol. The number of rotatable bonds is 11. The van der Waals surface area contributed by atoms with Crippen LogP contribution in [0.15, 0.2) is 51.7 Å². The topological polar surface area (TPSA) is 91.8 Å². The van der Waals surface area contributed by atoms with Gasteiger partial charge in [0.25, 0.3) is 0 Å². The highest BCUT2D eigenvalue weighted by Gasteiger charge is 2.13. The Bertz CT molecular complexity index is 837. The van der Waals surface area contributed by atoms with E-state index < -0.39 is 10.0 Å². The summed E-state index contributed by atoms with van der Waals surface area (Å²) in [7, 11) is -2.02. The molecule has 0 bridgehead atoms. The molecule has 0 amide bonds. The summed E-state index contributed by atoms with van der Waals surface area (Å²) < 4.78 is 32.1. The van der Waals surface area contributed by atoms with Crippen molar-refractivity contribution < 1.29 is 13.2 Å². The molecule has 2 rings (SSSR count). The van der Waals surface area contributed by atoms with Crippen LogP contribution in [0, 0.1) is 0 Å². The fourth-order valence-electron chi connectivity index (χ4n) is 2.44. The minimum atomic E-state index is -3.55. The molecule has 154 valence electrons. The number of sulfonamides is 1. The van der Waals surface area contributed by atoms with Gasteiger partial charge in [0.05, 0.1) is 18.0 Å². The van der Waals surface area contributed by atoms with E-state index in [4.69, 9.17) is 4.74 Å². The molecule has 1 heterocycles. The first kappa shape index (κ1) is 22.4. The lowest BCUT2D eigenvalue weighted by atomic mass is 10.2. The maximum absolute atomic E-state index is 12.3. The van der Waals surface area contributed by atoms with Crippen molar-refractivity contribution >= 4 is 27.3 Å². The van der Waals surface area contributed by atoms with Gasteiger partial charge in [0.1, 0.15) is 0 Å². The van der Waals surface area contributed by atoms with Crippen LogP contribution in [-0.2, 0) is 27.7 Å². The van der Waals surface area contributed by atoms with E-state index in [0.29, 0.717) is 19.1 Å². The van der Waals surface area contributed by atoms with Crippen LogP contribution in [0.25, 0.3) is 0 Å². The summed E-state index contributed by atoms with van der Waals surface area (Å²) in [4.78, 5) is 6.11. The van der Waals surface area contributed by atoms with E-state index in [1.54, 1.807) is 29.5 Å². The van der Waals surface area contributed by atoms with Crippen LogP contribution < -0.4 is 15.4 Å². The van der Waals surface area contributed by atoms with E-state index in [2.05, 4.69) is 31.8 Å². The zero-order chi connectivity index (χ0) is 20.2. The third kappa shape index (κ3) is 7.59. The van der Waals surface area contributed by atoms with E-state index >= 15 is 0 Å². The Morgan fingerprint density at radius 1 is 1.18 bits per heavy atom. The van der Waals surface area contributed by atoms with Crippen molar-refractivity contribution in [3.63, 3.8) is 0 Å². The minimum Gasteiger partial charge on any atom is -0.383 e. The second kappa shape index (κ2) is 11.8. The molecule has 0 saturated heterocycles. The van der Waals surface area contributed by atoms with Gasteiger partial charge in [-0.2, -0.15) is 0 Å². The molecule has 0 unspecified atom stereocenters. The zero-order valence-electron chi connectivity index (χ0n) is 16.3. The first-order chi connectivity index (χ1) is 13.5. The summed E-state index contributed by atoms with van der Waals surface area (Å²) in [6, 6.07) is 11.0. The molecular weight excluding hydrogens is 396 g/mol. The monoisotopic (exact) mass is 424 g/mol. The molecule has 1 aromatic heterocycles. The second-order valence-electron chi connectivity index (χ2n) is 5.99. The van der Waals surface area contributed by atoms with Crippen molar-refractivity contribution in [3.8, 4) is 0 Å². The van der Waals surface area contributed by atoms with Gasteiger partial charge in [-0.3, -0.25) is 0 Å². The molecule has 2 aromatic rings. The number of thiophene rings is 1. The van der Waals surface area contributed by atoms with Crippen molar-refractivity contribution in [2.75, 3.05) is 33.4 Å². The van der Waals surface area contributed by atoms with Gasteiger partial charge in [-0.1, -0.05) is 18.2 Å². The van der Waals surface area contributed by atoms with Crippen LogP contribution in [0.3, 0.4) is 0 Å². The number of nitrogens with one attached hydrogen (secondary N) is 3. The van der Waals surface area contributed by atoms with Crippen LogP contribution >= 0.6 is 11.3 Å². The van der Waals surface area contributed by atoms with Gasteiger partial charge in [-0.05, 0) is 42.5 Å². The lowest BCUT2D eigenvalue weighted by molar-refractivity contribution is 0.204. The van der Waals surface area contributed by atoms with E-state index in [-0.39, 0.29) is 11.4 Å². The zero-order valence-corrected chi connectivity index (χ0v) is 17.9. The number of hydrogen-bond acceptors (Lipinski definition) is 5. The van der Waals surface area contributed by atoms with Crippen molar-refractivity contribution in [1.29, 1.82) is 0 Å². The lowest BCUT2D eigenvalue weighted by Crippen LogP contribution is -2.38. The average Bonchev–Trinajstić information content (AvgIpc) is 3.20. The standard InChI is InChI=1S/C19H28N4O3S2/c1-3-20-19(21-10-9-17-7-5-13-27-17)22-15-16-6-4-8-18(14-16)28(24,25)23-11-12-26-2/h4-8,13-14,23H,3,9-12,15H2,1-2H3,(H2,20,21,22). The number of hydrogen-bond donors (Lipinski definition) is 3. The van der Waals surface area contributed by atoms with E-state index in [1.807, 2.05) is 19.1 Å². The van der Waals surface area contributed by atoms with Crippen LogP contribution in [0.1, 0.15) is 17.4 Å². The molecule has 9 heteroatoms. The van der Waals surface area contributed by atoms with Crippen LogP contribution in [-0.4, -0.2) is 47.7 Å². The number of nitrogens with zero attached hydrogens (tertiary/aromatic N) is 1. The van der Waals surface area contributed by atoms with Crippen molar-refractivity contribution in [2.45, 2.75) is 24.8 Å². The molecule has 0 fully saturated rings. The Labute approximate surface area is 171 Å². The van der Waals surface area contributed by atoms with Gasteiger partial charge in [-0.15, -0.1) is 11.3 Å². The van der Waals surface area contributed by atoms with Gasteiger partial charge in [-0.25, -0.2) is 18.1 Å².